The smallest absolute Gasteiger partial charge is 0.252 e. The fourth-order valence-electron chi connectivity index (χ4n) is 2.42. The van der Waals surface area contributed by atoms with Gasteiger partial charge in [0.15, 0.2) is 0 Å². The highest BCUT2D eigenvalue weighted by Crippen LogP contribution is 2.14. The number of aryl methyl sites for hydroxylation is 1. The Morgan fingerprint density at radius 2 is 2.16 bits per heavy atom. The summed E-state index contributed by atoms with van der Waals surface area (Å²) < 4.78 is 0. The fraction of sp³-hybridized carbons (Fsp3) is 0.615. The topological polar surface area (TPSA) is 76.0 Å². The molecule has 1 aromatic rings. The Bertz CT molecular complexity index is 525. The van der Waals surface area contributed by atoms with Gasteiger partial charge in [0.1, 0.15) is 11.6 Å². The molecule has 0 saturated carbocycles. The minimum absolute atomic E-state index is 0.00368. The summed E-state index contributed by atoms with van der Waals surface area (Å²) in [5.41, 5.74) is -0.117. The first-order valence-corrected chi connectivity index (χ1v) is 6.60. The van der Waals surface area contributed by atoms with Crippen LogP contribution in [0, 0.1) is 18.3 Å². The van der Waals surface area contributed by atoms with E-state index in [0.29, 0.717) is 5.82 Å². The Hall–Kier alpha value is -1.87. The molecule has 1 aliphatic heterocycles. The number of aromatic nitrogens is 2. The first kappa shape index (κ1) is 13.6. The molecule has 6 heteroatoms. The van der Waals surface area contributed by atoms with Gasteiger partial charge in [0, 0.05) is 32.2 Å². The zero-order valence-electron chi connectivity index (χ0n) is 11.4. The Morgan fingerprint density at radius 1 is 1.47 bits per heavy atom. The Kier molecular flexibility index (Phi) is 4.17. The first-order valence-electron chi connectivity index (χ1n) is 6.60. The Balaban J connectivity index is 2.04. The number of hydrogen-bond acceptors (Lipinski definition) is 5. The van der Waals surface area contributed by atoms with Crippen LogP contribution in [0.3, 0.4) is 0 Å². The lowest BCUT2D eigenvalue weighted by Gasteiger charge is -2.37. The highest BCUT2D eigenvalue weighted by Gasteiger charge is 2.23. The monoisotopic (exact) mass is 261 g/mol. The van der Waals surface area contributed by atoms with Gasteiger partial charge < -0.3 is 9.88 Å². The third-order valence-corrected chi connectivity index (χ3v) is 3.46. The molecule has 1 N–H and O–H groups in total. The van der Waals surface area contributed by atoms with Gasteiger partial charge in [-0.1, -0.05) is 6.92 Å². The van der Waals surface area contributed by atoms with Crippen LogP contribution in [-0.4, -0.2) is 47.1 Å². The molecule has 0 bridgehead atoms. The molecule has 1 aliphatic rings. The van der Waals surface area contributed by atoms with E-state index in [1.807, 2.05) is 6.92 Å². The van der Waals surface area contributed by atoms with Crippen molar-refractivity contribution in [3.05, 3.63) is 22.2 Å². The number of piperazine rings is 1. The van der Waals surface area contributed by atoms with Crippen LogP contribution >= 0.6 is 0 Å². The average Bonchev–Trinajstić information content (AvgIpc) is 2.40. The van der Waals surface area contributed by atoms with Crippen LogP contribution in [-0.2, 0) is 0 Å². The number of rotatable bonds is 3. The number of H-pyrrole nitrogens is 1. The van der Waals surface area contributed by atoms with E-state index in [1.54, 1.807) is 6.92 Å². The summed E-state index contributed by atoms with van der Waals surface area (Å²) in [6, 6.07) is 3.86. The predicted octanol–water partition coefficient (Wildman–Crippen LogP) is 0.502. The summed E-state index contributed by atoms with van der Waals surface area (Å²) >= 11 is 0. The second-order valence-corrected chi connectivity index (χ2v) is 4.77. The maximum Gasteiger partial charge on any atom is 0.252 e. The van der Waals surface area contributed by atoms with Gasteiger partial charge in [0.25, 0.3) is 5.56 Å². The SMILES string of the molecule is CCC(C#N)N1CCN(c2cc(=O)[nH]c(C)n2)CC1. The van der Waals surface area contributed by atoms with E-state index in [2.05, 4.69) is 25.8 Å². The molecule has 0 radical (unpaired) electrons. The Labute approximate surface area is 112 Å². The second kappa shape index (κ2) is 5.85. The number of nitriles is 1. The lowest BCUT2D eigenvalue weighted by Crippen LogP contribution is -2.50. The summed E-state index contributed by atoms with van der Waals surface area (Å²) in [4.78, 5) is 22.7. The summed E-state index contributed by atoms with van der Waals surface area (Å²) in [5, 5.41) is 9.07. The van der Waals surface area contributed by atoms with E-state index in [9.17, 15) is 4.79 Å². The largest absolute Gasteiger partial charge is 0.354 e. The van der Waals surface area contributed by atoms with Gasteiger partial charge in [0.2, 0.25) is 0 Å². The van der Waals surface area contributed by atoms with E-state index in [-0.39, 0.29) is 11.6 Å². The van der Waals surface area contributed by atoms with E-state index in [0.717, 1.165) is 38.4 Å². The predicted molar refractivity (Wildman–Crippen MR) is 73.1 cm³/mol. The van der Waals surface area contributed by atoms with Gasteiger partial charge in [-0.05, 0) is 13.3 Å². The normalized spacial score (nSPS) is 18.1. The molecule has 0 aliphatic carbocycles. The van der Waals surface area contributed by atoms with Crippen LogP contribution < -0.4 is 10.5 Å². The molecule has 0 spiro atoms. The van der Waals surface area contributed by atoms with Crippen molar-refractivity contribution < 1.29 is 0 Å². The van der Waals surface area contributed by atoms with E-state index < -0.39 is 0 Å². The zero-order chi connectivity index (χ0) is 13.8. The summed E-state index contributed by atoms with van der Waals surface area (Å²) in [6.07, 6.45) is 0.846. The van der Waals surface area contributed by atoms with Crippen molar-refractivity contribution in [1.82, 2.24) is 14.9 Å². The minimum Gasteiger partial charge on any atom is -0.354 e. The van der Waals surface area contributed by atoms with Gasteiger partial charge in [-0.3, -0.25) is 9.69 Å². The van der Waals surface area contributed by atoms with Gasteiger partial charge in [-0.25, -0.2) is 4.98 Å². The number of hydrogen-bond donors (Lipinski definition) is 1. The Morgan fingerprint density at radius 3 is 2.68 bits per heavy atom. The van der Waals surface area contributed by atoms with Crippen LogP contribution in [0.2, 0.25) is 0 Å². The maximum absolute atomic E-state index is 11.4. The van der Waals surface area contributed by atoms with Gasteiger partial charge >= 0.3 is 0 Å². The number of anilines is 1. The molecule has 1 saturated heterocycles. The highest BCUT2D eigenvalue weighted by molar-refractivity contribution is 5.38. The van der Waals surface area contributed by atoms with Crippen molar-refractivity contribution in [3.63, 3.8) is 0 Å². The number of aromatic amines is 1. The number of nitrogens with one attached hydrogen (secondary N) is 1. The molecule has 1 unspecified atom stereocenters. The molecule has 0 amide bonds. The van der Waals surface area contributed by atoms with Crippen LogP contribution in [0.25, 0.3) is 0 Å². The van der Waals surface area contributed by atoms with E-state index in [4.69, 9.17) is 5.26 Å². The molecule has 2 rings (SSSR count). The molecule has 102 valence electrons. The van der Waals surface area contributed by atoms with E-state index >= 15 is 0 Å². The lowest BCUT2D eigenvalue weighted by molar-refractivity contribution is 0.216. The molecule has 0 aromatic carbocycles. The van der Waals surface area contributed by atoms with E-state index in [1.165, 1.54) is 6.07 Å². The lowest BCUT2D eigenvalue weighted by atomic mass is 10.2. The fourth-order valence-corrected chi connectivity index (χ4v) is 2.42. The van der Waals surface area contributed by atoms with Crippen molar-refractivity contribution in [2.45, 2.75) is 26.3 Å². The first-order chi connectivity index (χ1) is 9.13. The van der Waals surface area contributed by atoms with Gasteiger partial charge in [-0.15, -0.1) is 0 Å². The third-order valence-electron chi connectivity index (χ3n) is 3.46. The number of nitrogens with zero attached hydrogens (tertiary/aromatic N) is 4. The average molecular weight is 261 g/mol. The third kappa shape index (κ3) is 3.12. The quantitative estimate of drug-likeness (QED) is 0.857. The van der Waals surface area contributed by atoms with Crippen molar-refractivity contribution in [1.29, 1.82) is 5.26 Å². The molecular weight excluding hydrogens is 242 g/mol. The summed E-state index contributed by atoms with van der Waals surface area (Å²) in [7, 11) is 0. The molecular formula is C13H19N5O. The van der Waals surface area contributed by atoms with Crippen LogP contribution in [0.5, 0.6) is 0 Å². The zero-order valence-corrected chi connectivity index (χ0v) is 11.4. The molecule has 19 heavy (non-hydrogen) atoms. The molecule has 1 atom stereocenters. The maximum atomic E-state index is 11.4. The van der Waals surface area contributed by atoms with Gasteiger partial charge in [0.05, 0.1) is 12.1 Å². The van der Waals surface area contributed by atoms with Gasteiger partial charge in [-0.2, -0.15) is 5.26 Å². The molecule has 2 heterocycles. The van der Waals surface area contributed by atoms with Crippen molar-refractivity contribution in [2.24, 2.45) is 0 Å². The van der Waals surface area contributed by atoms with Crippen molar-refractivity contribution >= 4 is 5.82 Å². The standard InChI is InChI=1S/C13H19N5O/c1-3-11(9-14)17-4-6-18(7-5-17)12-8-13(19)16-10(2)15-12/h8,11H,3-7H2,1-2H3,(H,15,16,19). The van der Waals surface area contributed by atoms with Crippen LogP contribution in [0.15, 0.2) is 10.9 Å². The minimum atomic E-state index is -0.117. The molecule has 6 nitrogen and oxygen atoms in total. The summed E-state index contributed by atoms with van der Waals surface area (Å²) in [6.45, 7) is 7.08. The molecule has 1 aromatic heterocycles. The highest BCUT2D eigenvalue weighted by atomic mass is 16.1. The second-order valence-electron chi connectivity index (χ2n) is 4.77. The molecule has 1 fully saturated rings. The van der Waals surface area contributed by atoms with Crippen molar-refractivity contribution in [3.8, 4) is 6.07 Å². The van der Waals surface area contributed by atoms with Crippen molar-refractivity contribution in [2.75, 3.05) is 31.1 Å². The van der Waals surface area contributed by atoms with Crippen LogP contribution in [0.1, 0.15) is 19.2 Å². The van der Waals surface area contributed by atoms with Crippen LogP contribution in [0.4, 0.5) is 5.82 Å². The summed E-state index contributed by atoms with van der Waals surface area (Å²) in [5.74, 6) is 1.36.